The summed E-state index contributed by atoms with van der Waals surface area (Å²) in [5.41, 5.74) is 0. The molecular weight excluding hydrogens is 298 g/mol. The zero-order valence-electron chi connectivity index (χ0n) is 12.1. The molecule has 0 aliphatic rings. The van der Waals surface area contributed by atoms with E-state index in [1.807, 2.05) is 13.8 Å². The Kier molecular flexibility index (Phi) is 6.31. The van der Waals surface area contributed by atoms with Gasteiger partial charge in [0.25, 0.3) is 0 Å². The first-order valence-electron chi connectivity index (χ1n) is 6.63. The van der Waals surface area contributed by atoms with Crippen molar-refractivity contribution in [1.82, 2.24) is 14.5 Å². The Morgan fingerprint density at radius 2 is 2.14 bits per heavy atom. The van der Waals surface area contributed by atoms with Crippen molar-refractivity contribution >= 4 is 16.0 Å². The number of rotatable bonds is 9. The maximum Gasteiger partial charge on any atom is 0.305 e. The van der Waals surface area contributed by atoms with Gasteiger partial charge in [0.05, 0.1) is 19.2 Å². The molecular formula is C12H21N3O5S. The molecule has 0 aliphatic carbocycles. The van der Waals surface area contributed by atoms with Gasteiger partial charge in [0, 0.05) is 18.8 Å². The summed E-state index contributed by atoms with van der Waals surface area (Å²) in [7, 11) is -3.74. The molecule has 0 radical (unpaired) electrons. The maximum atomic E-state index is 12.2. The molecule has 1 rings (SSSR count). The lowest BCUT2D eigenvalue weighted by Crippen LogP contribution is -2.39. The Labute approximate surface area is 123 Å². The number of hydrogen-bond donors (Lipinski definition) is 3. The number of aliphatic hydroxyl groups excluding tert-OH is 1. The topological polar surface area (TPSA) is 122 Å². The summed E-state index contributed by atoms with van der Waals surface area (Å²) in [4.78, 5) is 10.5. The molecule has 1 atom stereocenters. The van der Waals surface area contributed by atoms with E-state index in [-0.39, 0.29) is 36.4 Å². The van der Waals surface area contributed by atoms with Crippen molar-refractivity contribution in [1.29, 1.82) is 0 Å². The molecule has 120 valence electrons. The Balaban J connectivity index is 2.80. The van der Waals surface area contributed by atoms with Crippen LogP contribution in [0.3, 0.4) is 0 Å². The van der Waals surface area contributed by atoms with Crippen LogP contribution >= 0.6 is 0 Å². The van der Waals surface area contributed by atoms with Crippen LogP contribution in [0.25, 0.3) is 0 Å². The van der Waals surface area contributed by atoms with Crippen LogP contribution in [0.1, 0.15) is 26.7 Å². The second-order valence-corrected chi connectivity index (χ2v) is 6.78. The first kappa shape index (κ1) is 17.6. The number of aliphatic carboxylic acids is 1. The summed E-state index contributed by atoms with van der Waals surface area (Å²) in [6.45, 7) is 3.72. The largest absolute Gasteiger partial charge is 0.481 e. The van der Waals surface area contributed by atoms with Crippen LogP contribution in [0.5, 0.6) is 0 Å². The smallest absolute Gasteiger partial charge is 0.305 e. The lowest BCUT2D eigenvalue weighted by atomic mass is 10.0. The first-order chi connectivity index (χ1) is 9.76. The van der Waals surface area contributed by atoms with Crippen molar-refractivity contribution in [3.8, 4) is 0 Å². The van der Waals surface area contributed by atoms with Crippen LogP contribution in [0.2, 0.25) is 0 Å². The highest BCUT2D eigenvalue weighted by atomic mass is 32.2. The Hall–Kier alpha value is -1.45. The molecule has 8 nitrogen and oxygen atoms in total. The molecule has 1 unspecified atom stereocenters. The fraction of sp³-hybridized carbons (Fsp3) is 0.667. The van der Waals surface area contributed by atoms with E-state index in [0.717, 1.165) is 0 Å². The van der Waals surface area contributed by atoms with Crippen molar-refractivity contribution in [3.63, 3.8) is 0 Å². The minimum Gasteiger partial charge on any atom is -0.481 e. The summed E-state index contributed by atoms with van der Waals surface area (Å²) >= 11 is 0. The first-order valence-corrected chi connectivity index (χ1v) is 8.12. The Morgan fingerprint density at radius 1 is 1.48 bits per heavy atom. The number of nitrogens with zero attached hydrogens (tertiary/aromatic N) is 2. The van der Waals surface area contributed by atoms with Crippen molar-refractivity contribution in [2.75, 3.05) is 6.61 Å². The highest BCUT2D eigenvalue weighted by molar-refractivity contribution is 7.89. The number of nitrogens with one attached hydrogen (secondary N) is 1. The van der Waals surface area contributed by atoms with Gasteiger partial charge in [-0.3, -0.25) is 9.48 Å². The van der Waals surface area contributed by atoms with Crippen LogP contribution in [-0.2, 0) is 21.4 Å². The predicted molar refractivity (Wildman–Crippen MR) is 75.1 cm³/mol. The van der Waals surface area contributed by atoms with Crippen LogP contribution in [0.15, 0.2) is 17.3 Å². The number of aryl methyl sites for hydroxylation is 1. The van der Waals surface area contributed by atoms with Crippen LogP contribution in [0.4, 0.5) is 0 Å². The Morgan fingerprint density at radius 3 is 2.67 bits per heavy atom. The SMILES string of the molecule is CC(C)C(CCO)NS(=O)(=O)c1cnn(CCC(=O)O)c1. The number of hydrogen-bond acceptors (Lipinski definition) is 5. The molecule has 0 bridgehead atoms. The van der Waals surface area contributed by atoms with E-state index in [2.05, 4.69) is 9.82 Å². The fourth-order valence-electron chi connectivity index (χ4n) is 1.75. The molecule has 1 heterocycles. The van der Waals surface area contributed by atoms with Crippen LogP contribution in [-0.4, -0.2) is 47.0 Å². The van der Waals surface area contributed by atoms with Gasteiger partial charge in [-0.15, -0.1) is 0 Å². The molecule has 0 saturated carbocycles. The van der Waals surface area contributed by atoms with Crippen LogP contribution < -0.4 is 4.72 Å². The molecule has 1 aromatic rings. The molecule has 21 heavy (non-hydrogen) atoms. The van der Waals surface area contributed by atoms with Crippen LogP contribution in [0, 0.1) is 5.92 Å². The molecule has 0 fully saturated rings. The summed E-state index contributed by atoms with van der Waals surface area (Å²) < 4.78 is 28.2. The number of carbonyl (C=O) groups is 1. The van der Waals surface area contributed by atoms with Gasteiger partial charge in [0.15, 0.2) is 0 Å². The van der Waals surface area contributed by atoms with E-state index in [9.17, 15) is 13.2 Å². The number of sulfonamides is 1. The van der Waals surface area contributed by atoms with Gasteiger partial charge < -0.3 is 10.2 Å². The third-order valence-corrected chi connectivity index (χ3v) is 4.47. The molecule has 1 aromatic heterocycles. The number of carboxylic acid groups (broad SMARTS) is 1. The summed E-state index contributed by atoms with van der Waals surface area (Å²) in [5.74, 6) is -0.940. The lowest BCUT2D eigenvalue weighted by molar-refractivity contribution is -0.137. The van der Waals surface area contributed by atoms with Crippen molar-refractivity contribution < 1.29 is 23.4 Å². The lowest BCUT2D eigenvalue weighted by Gasteiger charge is -2.20. The number of aliphatic hydroxyl groups is 1. The molecule has 9 heteroatoms. The summed E-state index contributed by atoms with van der Waals surface area (Å²) in [6, 6.07) is -0.373. The zero-order valence-corrected chi connectivity index (χ0v) is 12.9. The quantitative estimate of drug-likeness (QED) is 0.591. The fourth-order valence-corrected chi connectivity index (χ4v) is 3.12. The van der Waals surface area contributed by atoms with E-state index in [4.69, 9.17) is 10.2 Å². The second kappa shape index (κ2) is 7.53. The molecule has 0 amide bonds. The summed E-state index contributed by atoms with van der Waals surface area (Å²) in [5, 5.41) is 21.4. The normalized spacial score (nSPS) is 13.5. The van der Waals surface area contributed by atoms with Gasteiger partial charge >= 0.3 is 5.97 Å². The van der Waals surface area contributed by atoms with Gasteiger partial charge in [-0.25, -0.2) is 13.1 Å². The molecule has 3 N–H and O–H groups in total. The zero-order chi connectivity index (χ0) is 16.0. The van der Waals surface area contributed by atoms with E-state index >= 15 is 0 Å². The van der Waals surface area contributed by atoms with Crippen molar-refractivity contribution in [2.45, 2.75) is 44.2 Å². The second-order valence-electron chi connectivity index (χ2n) is 5.07. The minimum atomic E-state index is -3.74. The van der Waals surface area contributed by atoms with Gasteiger partial charge in [-0.05, 0) is 12.3 Å². The third-order valence-electron chi connectivity index (χ3n) is 3.03. The highest BCUT2D eigenvalue weighted by Crippen LogP contribution is 2.13. The average Bonchev–Trinajstić information content (AvgIpc) is 2.85. The average molecular weight is 319 g/mol. The maximum absolute atomic E-state index is 12.2. The van der Waals surface area contributed by atoms with Crippen molar-refractivity contribution in [3.05, 3.63) is 12.4 Å². The molecule has 0 saturated heterocycles. The van der Waals surface area contributed by atoms with Gasteiger partial charge in [0.1, 0.15) is 4.90 Å². The van der Waals surface area contributed by atoms with Crippen molar-refractivity contribution in [2.24, 2.45) is 5.92 Å². The molecule has 0 aliphatic heterocycles. The summed E-state index contributed by atoms with van der Waals surface area (Å²) in [6.07, 6.45) is 2.67. The molecule has 0 spiro atoms. The highest BCUT2D eigenvalue weighted by Gasteiger charge is 2.23. The number of carboxylic acids is 1. The number of aromatic nitrogens is 2. The van der Waals surface area contributed by atoms with Gasteiger partial charge in [-0.1, -0.05) is 13.8 Å². The standard InChI is InChI=1S/C12H21N3O5S/c1-9(2)11(4-6-16)14-21(19,20)10-7-13-15(8-10)5-3-12(17)18/h7-9,11,14,16H,3-6H2,1-2H3,(H,17,18). The van der Waals surface area contributed by atoms with E-state index in [1.165, 1.54) is 17.1 Å². The van der Waals surface area contributed by atoms with Gasteiger partial charge in [-0.2, -0.15) is 5.10 Å². The van der Waals surface area contributed by atoms with E-state index in [1.54, 1.807) is 0 Å². The van der Waals surface area contributed by atoms with Gasteiger partial charge in [0.2, 0.25) is 10.0 Å². The predicted octanol–water partition coefficient (Wildman–Crippen LogP) is 0.0431. The molecule has 0 aromatic carbocycles. The minimum absolute atomic E-state index is 0.0171. The van der Waals surface area contributed by atoms with E-state index in [0.29, 0.717) is 6.42 Å². The third kappa shape index (κ3) is 5.44. The monoisotopic (exact) mass is 319 g/mol. The Bertz CT molecular complexity index is 567. The van der Waals surface area contributed by atoms with E-state index < -0.39 is 16.0 Å².